The number of nitrogens with zero attached hydrogens (tertiary/aromatic N) is 4. The molecule has 0 spiro atoms. The number of benzene rings is 2. The van der Waals surface area contributed by atoms with E-state index in [1.54, 1.807) is 17.9 Å². The summed E-state index contributed by atoms with van der Waals surface area (Å²) in [6.45, 7) is 9.51. The molecule has 1 aliphatic heterocycles. The summed E-state index contributed by atoms with van der Waals surface area (Å²) in [7, 11) is 0. The number of likely N-dealkylation sites (N-methyl/N-ethyl adjacent to an activating group) is 1. The fraction of sp³-hybridized carbons (Fsp3) is 0.517. The Morgan fingerprint density at radius 2 is 1.61 bits per heavy atom. The van der Waals surface area contributed by atoms with Crippen LogP contribution >= 0.6 is 0 Å². The van der Waals surface area contributed by atoms with Gasteiger partial charge >= 0.3 is 0 Å². The van der Waals surface area contributed by atoms with Crippen LogP contribution in [0.3, 0.4) is 0 Å². The van der Waals surface area contributed by atoms with E-state index in [4.69, 9.17) is 0 Å². The molecule has 2 aromatic carbocycles. The Morgan fingerprint density at radius 1 is 0.972 bits per heavy atom. The zero-order chi connectivity index (χ0) is 25.7. The molecule has 1 unspecified atom stereocenters. The summed E-state index contributed by atoms with van der Waals surface area (Å²) in [5, 5.41) is 0. The van der Waals surface area contributed by atoms with Crippen molar-refractivity contribution in [2.45, 2.75) is 58.5 Å². The molecule has 6 nitrogen and oxygen atoms in total. The molecule has 1 heterocycles. The summed E-state index contributed by atoms with van der Waals surface area (Å²) in [5.74, 6) is -0.220. The van der Waals surface area contributed by atoms with Crippen LogP contribution in [0.4, 0.5) is 15.8 Å². The number of hydrogen-bond donors (Lipinski definition) is 0. The van der Waals surface area contributed by atoms with Crippen LogP contribution in [0.1, 0.15) is 58.1 Å². The highest BCUT2D eigenvalue weighted by molar-refractivity contribution is 5.92. The molecule has 2 amide bonds. The van der Waals surface area contributed by atoms with Gasteiger partial charge in [-0.1, -0.05) is 43.2 Å². The van der Waals surface area contributed by atoms with Crippen LogP contribution in [0.5, 0.6) is 0 Å². The highest BCUT2D eigenvalue weighted by Crippen LogP contribution is 2.32. The SMILES string of the molecule is CCN(CC)C(=O)C(c1ccccc1)N1CCN(c2ccc(N(C(C)=O)C3CCCC3)cc2F)CC1. The third kappa shape index (κ3) is 5.56. The first-order valence-corrected chi connectivity index (χ1v) is 13.4. The third-order valence-electron chi connectivity index (χ3n) is 7.68. The van der Waals surface area contributed by atoms with Gasteiger partial charge in [-0.3, -0.25) is 14.5 Å². The molecular formula is C29H39FN4O2. The van der Waals surface area contributed by atoms with Crippen LogP contribution < -0.4 is 9.80 Å². The number of carbonyl (C=O) groups is 2. The van der Waals surface area contributed by atoms with E-state index < -0.39 is 0 Å². The topological polar surface area (TPSA) is 47.1 Å². The maximum Gasteiger partial charge on any atom is 0.244 e. The third-order valence-corrected chi connectivity index (χ3v) is 7.68. The predicted molar refractivity (Wildman–Crippen MR) is 143 cm³/mol. The van der Waals surface area contributed by atoms with Crippen LogP contribution in [0.15, 0.2) is 48.5 Å². The van der Waals surface area contributed by atoms with E-state index in [1.165, 1.54) is 6.07 Å². The normalized spacial score (nSPS) is 17.7. The second kappa shape index (κ2) is 11.9. The van der Waals surface area contributed by atoms with Crippen LogP contribution in [0, 0.1) is 5.82 Å². The van der Waals surface area contributed by atoms with E-state index in [1.807, 2.05) is 60.0 Å². The molecule has 1 atom stereocenters. The summed E-state index contributed by atoms with van der Waals surface area (Å²) < 4.78 is 15.3. The monoisotopic (exact) mass is 494 g/mol. The lowest BCUT2D eigenvalue weighted by Gasteiger charge is -2.41. The van der Waals surface area contributed by atoms with Crippen molar-refractivity contribution in [2.24, 2.45) is 0 Å². The van der Waals surface area contributed by atoms with Crippen molar-refractivity contribution in [3.05, 3.63) is 59.9 Å². The highest BCUT2D eigenvalue weighted by atomic mass is 19.1. The van der Waals surface area contributed by atoms with Gasteiger partial charge in [-0.15, -0.1) is 0 Å². The summed E-state index contributed by atoms with van der Waals surface area (Å²) in [4.78, 5) is 33.7. The van der Waals surface area contributed by atoms with E-state index in [0.717, 1.165) is 31.2 Å². The van der Waals surface area contributed by atoms with Gasteiger partial charge in [0.15, 0.2) is 0 Å². The number of rotatable bonds is 8. The summed E-state index contributed by atoms with van der Waals surface area (Å²) >= 11 is 0. The van der Waals surface area contributed by atoms with Crippen molar-refractivity contribution in [1.82, 2.24) is 9.80 Å². The lowest BCUT2D eigenvalue weighted by molar-refractivity contribution is -0.137. The maximum atomic E-state index is 15.3. The van der Waals surface area contributed by atoms with Gasteiger partial charge in [0, 0.05) is 57.9 Å². The minimum Gasteiger partial charge on any atom is -0.367 e. The summed E-state index contributed by atoms with van der Waals surface area (Å²) in [6, 6.07) is 15.0. The summed E-state index contributed by atoms with van der Waals surface area (Å²) in [6.07, 6.45) is 4.17. The number of carbonyl (C=O) groups excluding carboxylic acids is 2. The second-order valence-electron chi connectivity index (χ2n) is 9.81. The molecule has 194 valence electrons. The standard InChI is InChI=1S/C29H39FN4O2/c1-4-31(5-2)29(36)28(23-11-7-6-8-12-23)33-19-17-32(18-20-33)27-16-15-25(21-26(27)30)34(22(3)35)24-13-9-10-14-24/h6-8,11-12,15-16,21,24,28H,4-5,9-10,13-14,17-20H2,1-3H3. The Labute approximate surface area is 214 Å². The minimum atomic E-state index is -0.337. The number of hydrogen-bond acceptors (Lipinski definition) is 4. The number of amides is 2. The van der Waals surface area contributed by atoms with Crippen LogP contribution in [-0.2, 0) is 9.59 Å². The molecule has 1 aliphatic carbocycles. The highest BCUT2D eigenvalue weighted by Gasteiger charge is 2.33. The van der Waals surface area contributed by atoms with Crippen molar-refractivity contribution in [1.29, 1.82) is 0 Å². The van der Waals surface area contributed by atoms with Crippen LogP contribution in [0.25, 0.3) is 0 Å². The van der Waals surface area contributed by atoms with Crippen molar-refractivity contribution in [3.8, 4) is 0 Å². The van der Waals surface area contributed by atoms with E-state index >= 15 is 4.39 Å². The molecule has 2 aliphatic rings. The average molecular weight is 495 g/mol. The Balaban J connectivity index is 1.49. The molecule has 2 aromatic rings. The largest absolute Gasteiger partial charge is 0.367 e. The predicted octanol–water partition coefficient (Wildman–Crippen LogP) is 4.85. The molecule has 36 heavy (non-hydrogen) atoms. The molecule has 0 radical (unpaired) electrons. The lowest BCUT2D eigenvalue weighted by Crippen LogP contribution is -2.52. The Kier molecular flexibility index (Phi) is 8.62. The van der Waals surface area contributed by atoms with Gasteiger partial charge in [0.2, 0.25) is 11.8 Å². The van der Waals surface area contributed by atoms with Gasteiger partial charge in [0.05, 0.1) is 5.69 Å². The van der Waals surface area contributed by atoms with Gasteiger partial charge in [0.25, 0.3) is 0 Å². The Morgan fingerprint density at radius 3 is 2.17 bits per heavy atom. The fourth-order valence-corrected chi connectivity index (χ4v) is 5.79. The molecule has 4 rings (SSSR count). The zero-order valence-electron chi connectivity index (χ0n) is 21.8. The van der Waals surface area contributed by atoms with E-state index in [9.17, 15) is 9.59 Å². The fourth-order valence-electron chi connectivity index (χ4n) is 5.79. The van der Waals surface area contributed by atoms with Crippen molar-refractivity contribution < 1.29 is 14.0 Å². The number of anilines is 2. The van der Waals surface area contributed by atoms with Crippen LogP contribution in [0.2, 0.25) is 0 Å². The smallest absolute Gasteiger partial charge is 0.244 e. The number of halogens is 1. The first kappa shape index (κ1) is 26.1. The van der Waals surface area contributed by atoms with Gasteiger partial charge in [0.1, 0.15) is 11.9 Å². The first-order chi connectivity index (χ1) is 17.4. The van der Waals surface area contributed by atoms with Crippen molar-refractivity contribution >= 4 is 23.2 Å². The molecule has 2 fully saturated rings. The Bertz CT molecular complexity index is 1030. The van der Waals surface area contributed by atoms with Crippen molar-refractivity contribution in [2.75, 3.05) is 49.1 Å². The maximum absolute atomic E-state index is 15.3. The molecule has 0 N–H and O–H groups in total. The van der Waals surface area contributed by atoms with Crippen molar-refractivity contribution in [3.63, 3.8) is 0 Å². The Hall–Kier alpha value is -2.93. The molecule has 0 bridgehead atoms. The lowest BCUT2D eigenvalue weighted by atomic mass is 10.0. The quantitative estimate of drug-likeness (QED) is 0.526. The van der Waals surface area contributed by atoms with Gasteiger partial charge in [-0.05, 0) is 50.5 Å². The second-order valence-corrected chi connectivity index (χ2v) is 9.81. The minimum absolute atomic E-state index is 0.0347. The van der Waals surface area contributed by atoms with Crippen LogP contribution in [-0.4, -0.2) is 66.9 Å². The van der Waals surface area contributed by atoms with Gasteiger partial charge in [-0.25, -0.2) is 4.39 Å². The summed E-state index contributed by atoms with van der Waals surface area (Å²) in [5.41, 5.74) is 2.19. The van der Waals surface area contributed by atoms with Gasteiger partial charge in [-0.2, -0.15) is 0 Å². The molecule has 0 aromatic heterocycles. The molecule has 1 saturated heterocycles. The molecular weight excluding hydrogens is 455 g/mol. The zero-order valence-corrected chi connectivity index (χ0v) is 21.8. The van der Waals surface area contributed by atoms with Gasteiger partial charge < -0.3 is 14.7 Å². The number of piperazine rings is 1. The van der Waals surface area contributed by atoms with E-state index in [2.05, 4.69) is 4.90 Å². The van der Waals surface area contributed by atoms with E-state index in [0.29, 0.717) is 50.6 Å². The molecule has 7 heteroatoms. The first-order valence-electron chi connectivity index (χ1n) is 13.4. The average Bonchev–Trinajstić information content (AvgIpc) is 3.40. The molecule has 1 saturated carbocycles. The van der Waals surface area contributed by atoms with E-state index in [-0.39, 0.29) is 29.7 Å².